The van der Waals surface area contributed by atoms with E-state index < -0.39 is 15.9 Å². The molecule has 0 aliphatic carbocycles. The van der Waals surface area contributed by atoms with Crippen molar-refractivity contribution in [3.8, 4) is 0 Å². The second-order valence-corrected chi connectivity index (χ2v) is 7.94. The van der Waals surface area contributed by atoms with Crippen molar-refractivity contribution < 1.29 is 18.0 Å². The number of hydrogen-bond donors (Lipinski definition) is 2. The summed E-state index contributed by atoms with van der Waals surface area (Å²) in [6.07, 6.45) is 0. The van der Waals surface area contributed by atoms with Crippen LogP contribution in [0.2, 0.25) is 0 Å². The molecule has 0 atom stereocenters. The van der Waals surface area contributed by atoms with Gasteiger partial charge in [0.05, 0.1) is 6.54 Å². The molecule has 0 saturated heterocycles. The number of carbonyl (C=O) groups is 2. The Morgan fingerprint density at radius 3 is 2.33 bits per heavy atom. The van der Waals surface area contributed by atoms with Crippen LogP contribution in [0.25, 0.3) is 0 Å². The molecule has 1 aromatic heterocycles. The number of sulfonamides is 1. The molecule has 2 rings (SSSR count). The number of amides is 2. The van der Waals surface area contributed by atoms with Gasteiger partial charge in [-0.15, -0.1) is 11.3 Å². The third-order valence-electron chi connectivity index (χ3n) is 3.06. The largest absolute Gasteiger partial charge is 0.347 e. The van der Waals surface area contributed by atoms with E-state index in [0.29, 0.717) is 11.3 Å². The molecule has 128 valence electrons. The third kappa shape index (κ3) is 4.56. The predicted molar refractivity (Wildman–Crippen MR) is 92.6 cm³/mol. The van der Waals surface area contributed by atoms with E-state index in [0.717, 1.165) is 11.3 Å². The lowest BCUT2D eigenvalue weighted by Gasteiger charge is -2.11. The highest BCUT2D eigenvalue weighted by Crippen LogP contribution is 2.20. The molecule has 0 radical (unpaired) electrons. The Morgan fingerprint density at radius 1 is 1.12 bits per heavy atom. The summed E-state index contributed by atoms with van der Waals surface area (Å²) in [5.41, 5.74) is 0.685. The van der Waals surface area contributed by atoms with Crippen LogP contribution in [0.1, 0.15) is 10.4 Å². The van der Waals surface area contributed by atoms with E-state index in [4.69, 9.17) is 0 Å². The van der Waals surface area contributed by atoms with Gasteiger partial charge in [0.15, 0.2) is 0 Å². The van der Waals surface area contributed by atoms with Crippen molar-refractivity contribution in [2.24, 2.45) is 0 Å². The molecule has 24 heavy (non-hydrogen) atoms. The molecule has 0 unspecified atom stereocenters. The Balaban J connectivity index is 2.00. The topological polar surface area (TPSA) is 95.6 Å². The Kier molecular flexibility index (Phi) is 5.58. The van der Waals surface area contributed by atoms with Gasteiger partial charge < -0.3 is 10.2 Å². The van der Waals surface area contributed by atoms with Crippen molar-refractivity contribution in [2.45, 2.75) is 4.21 Å². The SMILES string of the molecule is CN(C)C(=O)CNC(=O)c1ccc(NS(=O)(=O)c2cccs2)cc1. The van der Waals surface area contributed by atoms with Crippen LogP contribution in [0, 0.1) is 0 Å². The molecule has 0 aliphatic rings. The van der Waals surface area contributed by atoms with Gasteiger partial charge in [-0.3, -0.25) is 14.3 Å². The summed E-state index contributed by atoms with van der Waals surface area (Å²) >= 11 is 1.12. The molecule has 0 spiro atoms. The smallest absolute Gasteiger partial charge is 0.271 e. The molecular weight excluding hydrogens is 350 g/mol. The monoisotopic (exact) mass is 367 g/mol. The third-order valence-corrected chi connectivity index (χ3v) is 5.84. The summed E-state index contributed by atoms with van der Waals surface area (Å²) in [4.78, 5) is 24.8. The lowest BCUT2D eigenvalue weighted by Crippen LogP contribution is -2.36. The van der Waals surface area contributed by atoms with Gasteiger partial charge in [0, 0.05) is 25.3 Å². The molecular formula is C15H17N3O4S2. The Bertz CT molecular complexity index is 813. The first-order valence-electron chi connectivity index (χ1n) is 6.94. The number of benzene rings is 1. The molecule has 9 heteroatoms. The van der Waals surface area contributed by atoms with E-state index in [1.807, 2.05) is 0 Å². The summed E-state index contributed by atoms with van der Waals surface area (Å²) in [6, 6.07) is 9.13. The van der Waals surface area contributed by atoms with Crippen LogP contribution in [0.5, 0.6) is 0 Å². The maximum Gasteiger partial charge on any atom is 0.271 e. The Hall–Kier alpha value is -2.39. The van der Waals surface area contributed by atoms with Crippen LogP contribution in [0.15, 0.2) is 46.0 Å². The zero-order valence-electron chi connectivity index (χ0n) is 13.1. The molecule has 2 amide bonds. The van der Waals surface area contributed by atoms with Gasteiger partial charge in [-0.05, 0) is 35.7 Å². The van der Waals surface area contributed by atoms with Crippen LogP contribution in [0.3, 0.4) is 0 Å². The van der Waals surface area contributed by atoms with Crippen LogP contribution in [-0.2, 0) is 14.8 Å². The van der Waals surface area contributed by atoms with Gasteiger partial charge in [-0.2, -0.15) is 0 Å². The van der Waals surface area contributed by atoms with Crippen LogP contribution in [0.4, 0.5) is 5.69 Å². The van der Waals surface area contributed by atoms with Crippen molar-refractivity contribution in [1.29, 1.82) is 0 Å². The fourth-order valence-corrected chi connectivity index (χ4v) is 3.78. The lowest BCUT2D eigenvalue weighted by molar-refractivity contribution is -0.127. The highest BCUT2D eigenvalue weighted by molar-refractivity contribution is 7.94. The quantitative estimate of drug-likeness (QED) is 0.806. The molecule has 0 aliphatic heterocycles. The number of nitrogens with zero attached hydrogens (tertiary/aromatic N) is 1. The molecule has 1 aromatic carbocycles. The fourth-order valence-electron chi connectivity index (χ4n) is 1.73. The van der Waals surface area contributed by atoms with Crippen molar-refractivity contribution in [3.63, 3.8) is 0 Å². The molecule has 0 saturated carbocycles. The van der Waals surface area contributed by atoms with Gasteiger partial charge in [0.25, 0.3) is 15.9 Å². The average Bonchev–Trinajstić information content (AvgIpc) is 3.08. The number of likely N-dealkylation sites (N-methyl/N-ethyl adjacent to an activating group) is 1. The van der Waals surface area contributed by atoms with Gasteiger partial charge in [-0.25, -0.2) is 8.42 Å². The second-order valence-electron chi connectivity index (χ2n) is 5.09. The molecule has 2 N–H and O–H groups in total. The Morgan fingerprint density at radius 2 is 1.79 bits per heavy atom. The normalized spacial score (nSPS) is 10.9. The van der Waals surface area contributed by atoms with Crippen molar-refractivity contribution in [2.75, 3.05) is 25.4 Å². The van der Waals surface area contributed by atoms with E-state index in [1.165, 1.54) is 35.2 Å². The molecule has 1 heterocycles. The number of carbonyl (C=O) groups excluding carboxylic acids is 2. The minimum atomic E-state index is -3.62. The van der Waals surface area contributed by atoms with Crippen molar-refractivity contribution in [3.05, 3.63) is 47.3 Å². The number of thiophene rings is 1. The summed E-state index contributed by atoms with van der Waals surface area (Å²) in [5, 5.41) is 4.18. The van der Waals surface area contributed by atoms with E-state index in [9.17, 15) is 18.0 Å². The number of hydrogen-bond acceptors (Lipinski definition) is 5. The van der Waals surface area contributed by atoms with E-state index in [1.54, 1.807) is 25.5 Å². The zero-order chi connectivity index (χ0) is 17.7. The fraction of sp³-hybridized carbons (Fsp3) is 0.200. The first-order valence-corrected chi connectivity index (χ1v) is 9.30. The standard InChI is InChI=1S/C15H17N3O4S2/c1-18(2)13(19)10-16-15(20)11-5-7-12(8-6-11)17-24(21,22)14-4-3-9-23-14/h3-9,17H,10H2,1-2H3,(H,16,20). The van der Waals surface area contributed by atoms with Gasteiger partial charge in [-0.1, -0.05) is 6.07 Å². The number of anilines is 1. The first-order chi connectivity index (χ1) is 11.3. The van der Waals surface area contributed by atoms with Gasteiger partial charge in [0.1, 0.15) is 4.21 Å². The average molecular weight is 367 g/mol. The predicted octanol–water partition coefficient (Wildman–Crippen LogP) is 1.37. The van der Waals surface area contributed by atoms with Crippen LogP contribution < -0.4 is 10.0 Å². The van der Waals surface area contributed by atoms with Gasteiger partial charge >= 0.3 is 0 Å². The molecule has 0 bridgehead atoms. The number of rotatable bonds is 6. The van der Waals surface area contributed by atoms with Crippen molar-refractivity contribution in [1.82, 2.24) is 10.2 Å². The highest BCUT2D eigenvalue weighted by atomic mass is 32.2. The highest BCUT2D eigenvalue weighted by Gasteiger charge is 2.15. The maximum absolute atomic E-state index is 12.1. The summed E-state index contributed by atoms with van der Waals surface area (Å²) < 4.78 is 26.9. The van der Waals surface area contributed by atoms with E-state index >= 15 is 0 Å². The zero-order valence-corrected chi connectivity index (χ0v) is 14.8. The molecule has 2 aromatic rings. The number of nitrogens with one attached hydrogen (secondary N) is 2. The van der Waals surface area contributed by atoms with Crippen LogP contribution >= 0.6 is 11.3 Å². The minimum absolute atomic E-state index is 0.0986. The lowest BCUT2D eigenvalue weighted by atomic mass is 10.2. The summed E-state index contributed by atoms with van der Waals surface area (Å²) in [7, 11) is -0.416. The van der Waals surface area contributed by atoms with Crippen LogP contribution in [-0.4, -0.2) is 45.8 Å². The Labute approximate surface area is 144 Å². The minimum Gasteiger partial charge on any atom is -0.347 e. The summed E-state index contributed by atoms with van der Waals surface area (Å²) in [6.45, 7) is -0.0986. The van der Waals surface area contributed by atoms with E-state index in [-0.39, 0.29) is 16.7 Å². The van der Waals surface area contributed by atoms with E-state index in [2.05, 4.69) is 10.0 Å². The second kappa shape index (κ2) is 7.45. The molecule has 7 nitrogen and oxygen atoms in total. The molecule has 0 fully saturated rings. The van der Waals surface area contributed by atoms with Gasteiger partial charge in [0.2, 0.25) is 5.91 Å². The summed E-state index contributed by atoms with van der Waals surface area (Å²) in [5.74, 6) is -0.624. The maximum atomic E-state index is 12.1. The first kappa shape index (κ1) is 18.0. The van der Waals surface area contributed by atoms with Crippen molar-refractivity contribution >= 4 is 38.9 Å².